The molecule has 1 aromatic carbocycles. The molecule has 0 radical (unpaired) electrons. The molecule has 2 heterocycles. The molecule has 23 heavy (non-hydrogen) atoms. The number of rotatable bonds is 4. The summed E-state index contributed by atoms with van der Waals surface area (Å²) in [6.07, 6.45) is 5.62. The van der Waals surface area contributed by atoms with Crippen LogP contribution in [0.15, 0.2) is 42.7 Å². The molecule has 0 unspecified atom stereocenters. The third-order valence-corrected chi connectivity index (χ3v) is 4.70. The van der Waals surface area contributed by atoms with Crippen molar-refractivity contribution in [1.29, 1.82) is 0 Å². The van der Waals surface area contributed by atoms with Crippen LogP contribution in [0.3, 0.4) is 0 Å². The third-order valence-electron chi connectivity index (χ3n) is 4.70. The average Bonchev–Trinajstić information content (AvgIpc) is 2.55. The molecule has 1 saturated heterocycles. The van der Waals surface area contributed by atoms with E-state index >= 15 is 0 Å². The molecule has 2 aromatic rings. The van der Waals surface area contributed by atoms with Gasteiger partial charge in [0, 0.05) is 43.2 Å². The molecule has 1 fully saturated rings. The van der Waals surface area contributed by atoms with E-state index in [0.717, 1.165) is 37.2 Å². The summed E-state index contributed by atoms with van der Waals surface area (Å²) in [6, 6.07) is 10.3. The Bertz CT molecular complexity index is 664. The lowest BCUT2D eigenvalue weighted by Gasteiger charge is -2.40. The normalized spacial score (nSPS) is 17.3. The van der Waals surface area contributed by atoms with E-state index in [1.165, 1.54) is 11.1 Å². The van der Waals surface area contributed by atoms with Gasteiger partial charge in [0.05, 0.1) is 12.2 Å². The number of pyridine rings is 1. The fraction of sp³-hybridized carbons (Fsp3) is 0.421. The van der Waals surface area contributed by atoms with E-state index < -0.39 is 5.60 Å². The van der Waals surface area contributed by atoms with E-state index in [-0.39, 0.29) is 6.61 Å². The van der Waals surface area contributed by atoms with Crippen LogP contribution >= 0.6 is 0 Å². The third kappa shape index (κ3) is 3.71. The van der Waals surface area contributed by atoms with Gasteiger partial charge in [-0.25, -0.2) is 0 Å². The molecule has 0 amide bonds. The fourth-order valence-electron chi connectivity index (χ4n) is 3.39. The van der Waals surface area contributed by atoms with E-state index in [2.05, 4.69) is 35.0 Å². The topological polar surface area (TPSA) is 56.6 Å². The van der Waals surface area contributed by atoms with Crippen LogP contribution in [0.2, 0.25) is 0 Å². The highest BCUT2D eigenvalue weighted by Gasteiger charge is 2.33. The van der Waals surface area contributed by atoms with Crippen molar-refractivity contribution >= 4 is 5.69 Å². The number of hydrogen-bond donors (Lipinski definition) is 2. The van der Waals surface area contributed by atoms with E-state index in [1.54, 1.807) is 12.4 Å². The van der Waals surface area contributed by atoms with E-state index in [4.69, 9.17) is 0 Å². The number of hydrogen-bond acceptors (Lipinski definition) is 4. The van der Waals surface area contributed by atoms with Gasteiger partial charge in [-0.15, -0.1) is 0 Å². The van der Waals surface area contributed by atoms with Gasteiger partial charge in [-0.1, -0.05) is 29.8 Å². The Morgan fingerprint density at radius 2 is 2.00 bits per heavy atom. The summed E-state index contributed by atoms with van der Waals surface area (Å²) >= 11 is 0. The molecular weight excluding hydrogens is 288 g/mol. The number of aryl methyl sites for hydroxylation is 1. The molecule has 0 aliphatic carbocycles. The Balaban J connectivity index is 1.67. The van der Waals surface area contributed by atoms with Gasteiger partial charge < -0.3 is 15.1 Å². The standard InChI is InChI=1S/C19H24N2O2/c1-15-3-2-4-16(11-15)12-19(23)6-9-21(10-7-19)18-5-8-20-13-17(18)14-22/h2-5,8,11,13,22-23H,6-7,9-10,12,14H2,1H3. The second-order valence-corrected chi connectivity index (χ2v) is 6.54. The molecule has 0 atom stereocenters. The van der Waals surface area contributed by atoms with Gasteiger partial charge in [-0.2, -0.15) is 0 Å². The zero-order chi connectivity index (χ0) is 16.3. The highest BCUT2D eigenvalue weighted by Crippen LogP contribution is 2.30. The van der Waals surface area contributed by atoms with Crippen molar-refractivity contribution in [2.75, 3.05) is 18.0 Å². The summed E-state index contributed by atoms with van der Waals surface area (Å²) in [5.74, 6) is 0. The first-order valence-electron chi connectivity index (χ1n) is 8.16. The zero-order valence-electron chi connectivity index (χ0n) is 13.6. The van der Waals surface area contributed by atoms with E-state index in [9.17, 15) is 10.2 Å². The summed E-state index contributed by atoms with van der Waals surface area (Å²) < 4.78 is 0. The number of piperidine rings is 1. The van der Waals surface area contributed by atoms with Gasteiger partial charge in [0.25, 0.3) is 0 Å². The molecule has 2 N–H and O–H groups in total. The lowest BCUT2D eigenvalue weighted by atomic mass is 9.85. The van der Waals surface area contributed by atoms with E-state index in [1.807, 2.05) is 12.1 Å². The number of benzene rings is 1. The maximum atomic E-state index is 10.9. The fourth-order valence-corrected chi connectivity index (χ4v) is 3.39. The molecular formula is C19H24N2O2. The van der Waals surface area contributed by atoms with Crippen LogP contribution in [0.25, 0.3) is 0 Å². The summed E-state index contributed by atoms with van der Waals surface area (Å²) in [5, 5.41) is 20.4. The molecule has 1 aromatic heterocycles. The minimum atomic E-state index is -0.642. The van der Waals surface area contributed by atoms with Crippen molar-refractivity contribution < 1.29 is 10.2 Å². The van der Waals surface area contributed by atoms with Crippen LogP contribution in [0.4, 0.5) is 5.69 Å². The van der Waals surface area contributed by atoms with Gasteiger partial charge in [-0.3, -0.25) is 4.98 Å². The number of aliphatic hydroxyl groups excluding tert-OH is 1. The molecule has 0 bridgehead atoms. The monoisotopic (exact) mass is 312 g/mol. The first kappa shape index (κ1) is 16.0. The minimum absolute atomic E-state index is 0.00671. The van der Waals surface area contributed by atoms with Gasteiger partial charge in [0.15, 0.2) is 0 Å². The Morgan fingerprint density at radius 3 is 2.70 bits per heavy atom. The number of aromatic nitrogens is 1. The van der Waals surface area contributed by atoms with Crippen molar-refractivity contribution in [2.45, 2.75) is 38.4 Å². The van der Waals surface area contributed by atoms with Crippen LogP contribution in [-0.4, -0.2) is 33.9 Å². The predicted octanol–water partition coefficient (Wildman–Crippen LogP) is 2.46. The minimum Gasteiger partial charge on any atom is -0.392 e. The lowest BCUT2D eigenvalue weighted by Crippen LogP contribution is -2.46. The van der Waals surface area contributed by atoms with E-state index in [0.29, 0.717) is 6.42 Å². The molecule has 0 saturated carbocycles. The first-order valence-corrected chi connectivity index (χ1v) is 8.16. The SMILES string of the molecule is Cc1cccc(CC2(O)CCN(c3ccncc3CO)CC2)c1. The molecule has 4 heteroatoms. The van der Waals surface area contributed by atoms with Crippen molar-refractivity contribution in [2.24, 2.45) is 0 Å². The van der Waals surface area contributed by atoms with Gasteiger partial charge in [0.1, 0.15) is 0 Å². The second kappa shape index (κ2) is 6.69. The molecule has 1 aliphatic rings. The van der Waals surface area contributed by atoms with Gasteiger partial charge >= 0.3 is 0 Å². The van der Waals surface area contributed by atoms with Crippen molar-refractivity contribution in [1.82, 2.24) is 4.98 Å². The molecule has 3 rings (SSSR count). The molecule has 4 nitrogen and oxygen atoms in total. The van der Waals surface area contributed by atoms with Crippen LogP contribution in [0.1, 0.15) is 29.5 Å². The molecule has 1 aliphatic heterocycles. The lowest BCUT2D eigenvalue weighted by molar-refractivity contribution is 0.0165. The summed E-state index contributed by atoms with van der Waals surface area (Å²) in [5.41, 5.74) is 3.65. The Hall–Kier alpha value is -1.91. The first-order chi connectivity index (χ1) is 11.1. The number of aliphatic hydroxyl groups is 2. The Labute approximate surface area is 137 Å². The summed E-state index contributed by atoms with van der Waals surface area (Å²) in [7, 11) is 0. The van der Waals surface area contributed by atoms with Crippen LogP contribution in [-0.2, 0) is 13.0 Å². The van der Waals surface area contributed by atoms with Crippen molar-refractivity contribution in [3.8, 4) is 0 Å². The van der Waals surface area contributed by atoms with Crippen molar-refractivity contribution in [3.63, 3.8) is 0 Å². The quantitative estimate of drug-likeness (QED) is 0.910. The van der Waals surface area contributed by atoms with Gasteiger partial charge in [0.2, 0.25) is 0 Å². The average molecular weight is 312 g/mol. The number of nitrogens with zero attached hydrogens (tertiary/aromatic N) is 2. The zero-order valence-corrected chi connectivity index (χ0v) is 13.6. The number of anilines is 1. The van der Waals surface area contributed by atoms with Crippen molar-refractivity contribution in [3.05, 3.63) is 59.4 Å². The highest BCUT2D eigenvalue weighted by atomic mass is 16.3. The molecule has 0 spiro atoms. The smallest absolute Gasteiger partial charge is 0.0721 e. The van der Waals surface area contributed by atoms with Crippen LogP contribution < -0.4 is 4.90 Å². The predicted molar refractivity (Wildman–Crippen MR) is 91.4 cm³/mol. The highest BCUT2D eigenvalue weighted by molar-refractivity contribution is 5.52. The maximum Gasteiger partial charge on any atom is 0.0721 e. The van der Waals surface area contributed by atoms with Gasteiger partial charge in [-0.05, 0) is 31.4 Å². The molecule has 122 valence electrons. The van der Waals surface area contributed by atoms with Crippen LogP contribution in [0.5, 0.6) is 0 Å². The largest absolute Gasteiger partial charge is 0.392 e. The summed E-state index contributed by atoms with van der Waals surface area (Å²) in [6.45, 7) is 3.65. The Kier molecular flexibility index (Phi) is 4.64. The Morgan fingerprint density at radius 1 is 1.22 bits per heavy atom. The summed E-state index contributed by atoms with van der Waals surface area (Å²) in [4.78, 5) is 6.30. The van der Waals surface area contributed by atoms with Crippen LogP contribution in [0, 0.1) is 6.92 Å². The second-order valence-electron chi connectivity index (χ2n) is 6.54. The maximum absolute atomic E-state index is 10.9.